The highest BCUT2D eigenvalue weighted by Crippen LogP contribution is 2.38. The van der Waals surface area contributed by atoms with Crippen molar-refractivity contribution in [3.05, 3.63) is 17.9 Å². The zero-order valence-corrected chi connectivity index (χ0v) is 9.92. The van der Waals surface area contributed by atoms with Crippen molar-refractivity contribution in [2.45, 2.75) is 20.0 Å². The number of anilines is 2. The van der Waals surface area contributed by atoms with Crippen molar-refractivity contribution in [2.24, 2.45) is 11.8 Å². The normalized spacial score (nSPS) is 22.1. The number of nitrogen functional groups attached to an aromatic ring is 1. The largest absolute Gasteiger partial charge is 0.432 e. The maximum atomic E-state index is 13.3. The van der Waals surface area contributed by atoms with E-state index in [0.717, 1.165) is 12.5 Å². The summed E-state index contributed by atoms with van der Waals surface area (Å²) in [6.07, 6.45) is 1.13. The molecule has 0 bridgehead atoms. The van der Waals surface area contributed by atoms with Gasteiger partial charge in [0, 0.05) is 18.7 Å². The number of nitrogens with one attached hydrogen (secondary N) is 1. The fourth-order valence-electron chi connectivity index (χ4n) is 1.83. The summed E-state index contributed by atoms with van der Waals surface area (Å²) in [6.45, 7) is -0.226. The van der Waals surface area contributed by atoms with Gasteiger partial charge in [0.2, 0.25) is 0 Å². The molecule has 2 atom stereocenters. The number of ether oxygens (including phenoxy) is 1. The van der Waals surface area contributed by atoms with E-state index in [4.69, 9.17) is 5.73 Å². The van der Waals surface area contributed by atoms with Crippen LogP contribution in [0.5, 0.6) is 5.75 Å². The molecule has 18 heavy (non-hydrogen) atoms. The highest BCUT2D eigenvalue weighted by atomic mass is 19.3. The standard InChI is InChI=1S/C12H15F3N2O/c1-6-2-7(6)5-17-10-4-11(18-12(14)15)8(13)3-9(10)16/h3-4,6-7,12,17H,2,5,16H2,1H3. The summed E-state index contributed by atoms with van der Waals surface area (Å²) in [5.41, 5.74) is 6.22. The van der Waals surface area contributed by atoms with Crippen LogP contribution in [-0.2, 0) is 0 Å². The Kier molecular flexibility index (Phi) is 3.54. The van der Waals surface area contributed by atoms with Crippen LogP contribution in [0.4, 0.5) is 24.5 Å². The van der Waals surface area contributed by atoms with Crippen molar-refractivity contribution in [1.82, 2.24) is 0 Å². The Balaban J connectivity index is 2.08. The van der Waals surface area contributed by atoms with E-state index in [1.165, 1.54) is 6.07 Å². The van der Waals surface area contributed by atoms with Gasteiger partial charge in [0.1, 0.15) is 0 Å². The molecule has 1 aliphatic rings. The van der Waals surface area contributed by atoms with Gasteiger partial charge in [-0.2, -0.15) is 8.78 Å². The third kappa shape index (κ3) is 3.00. The van der Waals surface area contributed by atoms with Gasteiger partial charge in [-0.25, -0.2) is 4.39 Å². The van der Waals surface area contributed by atoms with Crippen molar-refractivity contribution < 1.29 is 17.9 Å². The Hall–Kier alpha value is -1.59. The predicted octanol–water partition coefficient (Wildman–Crippen LogP) is 3.08. The van der Waals surface area contributed by atoms with Gasteiger partial charge < -0.3 is 15.8 Å². The van der Waals surface area contributed by atoms with Crippen molar-refractivity contribution in [1.29, 1.82) is 0 Å². The Morgan fingerprint density at radius 1 is 1.50 bits per heavy atom. The molecule has 3 N–H and O–H groups in total. The molecule has 0 aliphatic heterocycles. The lowest BCUT2D eigenvalue weighted by atomic mass is 10.2. The van der Waals surface area contributed by atoms with Gasteiger partial charge in [-0.3, -0.25) is 0 Å². The molecule has 3 nitrogen and oxygen atoms in total. The van der Waals surface area contributed by atoms with Crippen molar-refractivity contribution in [2.75, 3.05) is 17.6 Å². The fourth-order valence-corrected chi connectivity index (χ4v) is 1.83. The predicted molar refractivity (Wildman–Crippen MR) is 63.2 cm³/mol. The van der Waals surface area contributed by atoms with E-state index in [0.29, 0.717) is 24.1 Å². The van der Waals surface area contributed by atoms with E-state index >= 15 is 0 Å². The Morgan fingerprint density at radius 3 is 2.72 bits per heavy atom. The molecular weight excluding hydrogens is 245 g/mol. The lowest BCUT2D eigenvalue weighted by Crippen LogP contribution is -2.09. The van der Waals surface area contributed by atoms with E-state index in [-0.39, 0.29) is 5.69 Å². The van der Waals surface area contributed by atoms with E-state index in [9.17, 15) is 13.2 Å². The van der Waals surface area contributed by atoms with Gasteiger partial charge in [0.15, 0.2) is 11.6 Å². The van der Waals surface area contributed by atoms with Gasteiger partial charge in [-0.1, -0.05) is 6.92 Å². The van der Waals surface area contributed by atoms with Crippen LogP contribution in [-0.4, -0.2) is 13.2 Å². The number of halogens is 3. The fraction of sp³-hybridized carbons (Fsp3) is 0.500. The summed E-state index contributed by atoms with van der Waals surface area (Å²) in [7, 11) is 0. The minimum absolute atomic E-state index is 0.183. The number of rotatable bonds is 5. The van der Waals surface area contributed by atoms with E-state index in [2.05, 4.69) is 17.0 Å². The topological polar surface area (TPSA) is 47.3 Å². The molecule has 1 aromatic carbocycles. The molecule has 0 spiro atoms. The van der Waals surface area contributed by atoms with Gasteiger partial charge in [0.05, 0.1) is 11.4 Å². The van der Waals surface area contributed by atoms with Crippen LogP contribution >= 0.6 is 0 Å². The summed E-state index contributed by atoms with van der Waals surface area (Å²) in [6, 6.07) is 2.15. The molecule has 0 saturated heterocycles. The number of hydrogen-bond donors (Lipinski definition) is 2. The van der Waals surface area contributed by atoms with Crippen LogP contribution < -0.4 is 15.8 Å². The first-order valence-corrected chi connectivity index (χ1v) is 5.75. The Labute approximate surface area is 103 Å². The SMILES string of the molecule is CC1CC1CNc1cc(OC(F)F)c(F)cc1N. The van der Waals surface area contributed by atoms with Crippen molar-refractivity contribution >= 4 is 11.4 Å². The first kappa shape index (κ1) is 12.9. The minimum Gasteiger partial charge on any atom is -0.432 e. The Morgan fingerprint density at radius 2 is 2.17 bits per heavy atom. The molecular formula is C12H15F3N2O. The molecule has 2 unspecified atom stereocenters. The molecule has 1 aliphatic carbocycles. The molecule has 2 rings (SSSR count). The van der Waals surface area contributed by atoms with Crippen LogP contribution in [0.25, 0.3) is 0 Å². The summed E-state index contributed by atoms with van der Waals surface area (Å²) < 4.78 is 41.5. The number of alkyl halides is 2. The maximum absolute atomic E-state index is 13.3. The summed E-state index contributed by atoms with van der Waals surface area (Å²) in [4.78, 5) is 0. The summed E-state index contributed by atoms with van der Waals surface area (Å²) in [5, 5.41) is 3.03. The quantitative estimate of drug-likeness (QED) is 0.800. The third-order valence-corrected chi connectivity index (χ3v) is 3.15. The molecule has 1 aromatic rings. The molecule has 0 heterocycles. The van der Waals surface area contributed by atoms with E-state index < -0.39 is 18.2 Å². The van der Waals surface area contributed by atoms with Gasteiger partial charge in [0.25, 0.3) is 0 Å². The minimum atomic E-state index is -3.06. The van der Waals surface area contributed by atoms with E-state index in [1.54, 1.807) is 0 Å². The number of hydrogen-bond acceptors (Lipinski definition) is 3. The molecule has 0 amide bonds. The van der Waals surface area contributed by atoms with Gasteiger partial charge in [-0.15, -0.1) is 0 Å². The zero-order chi connectivity index (χ0) is 13.3. The lowest BCUT2D eigenvalue weighted by molar-refractivity contribution is -0.0521. The number of nitrogens with two attached hydrogens (primary N) is 1. The molecule has 1 saturated carbocycles. The molecule has 0 aromatic heterocycles. The van der Waals surface area contributed by atoms with Crippen LogP contribution in [0.15, 0.2) is 12.1 Å². The Bertz CT molecular complexity index is 440. The van der Waals surface area contributed by atoms with Crippen molar-refractivity contribution in [3.63, 3.8) is 0 Å². The summed E-state index contributed by atoms with van der Waals surface area (Å²) >= 11 is 0. The van der Waals surface area contributed by atoms with Crippen molar-refractivity contribution in [3.8, 4) is 5.75 Å². The highest BCUT2D eigenvalue weighted by Gasteiger charge is 2.32. The molecule has 0 radical (unpaired) electrons. The maximum Gasteiger partial charge on any atom is 0.387 e. The van der Waals surface area contributed by atoms with Gasteiger partial charge >= 0.3 is 6.61 Å². The first-order chi connectivity index (χ1) is 8.47. The average molecular weight is 260 g/mol. The second-order valence-corrected chi connectivity index (χ2v) is 4.60. The average Bonchev–Trinajstić information content (AvgIpc) is 2.96. The first-order valence-electron chi connectivity index (χ1n) is 5.75. The number of benzene rings is 1. The monoisotopic (exact) mass is 260 g/mol. The zero-order valence-electron chi connectivity index (χ0n) is 9.92. The second-order valence-electron chi connectivity index (χ2n) is 4.60. The van der Waals surface area contributed by atoms with Crippen LogP contribution in [0, 0.1) is 17.7 Å². The van der Waals surface area contributed by atoms with E-state index in [1.807, 2.05) is 0 Å². The third-order valence-electron chi connectivity index (χ3n) is 3.15. The van der Waals surface area contributed by atoms with Gasteiger partial charge in [-0.05, 0) is 18.3 Å². The van der Waals surface area contributed by atoms with Crippen LogP contribution in [0.3, 0.4) is 0 Å². The van der Waals surface area contributed by atoms with Crippen LogP contribution in [0.2, 0.25) is 0 Å². The van der Waals surface area contributed by atoms with Crippen LogP contribution in [0.1, 0.15) is 13.3 Å². The molecule has 1 fully saturated rings. The smallest absolute Gasteiger partial charge is 0.387 e. The lowest BCUT2D eigenvalue weighted by Gasteiger charge is -2.12. The summed E-state index contributed by atoms with van der Waals surface area (Å²) in [5.74, 6) is -0.159. The second kappa shape index (κ2) is 4.96. The molecule has 100 valence electrons. The molecule has 6 heteroatoms. The highest BCUT2D eigenvalue weighted by molar-refractivity contribution is 5.68.